The second-order valence-corrected chi connectivity index (χ2v) is 10.6. The van der Waals surface area contributed by atoms with E-state index in [4.69, 9.17) is 13.7 Å². The molecular weight excluding hydrogens is 410 g/mol. The maximum atomic E-state index is 12.5. The number of aryl methyl sites for hydroxylation is 1. The van der Waals surface area contributed by atoms with Gasteiger partial charge in [0.1, 0.15) is 17.2 Å². The Morgan fingerprint density at radius 3 is 2.00 bits per heavy atom. The van der Waals surface area contributed by atoms with E-state index in [9.17, 15) is 18.0 Å². The van der Waals surface area contributed by atoms with Crippen molar-refractivity contribution in [3.05, 3.63) is 29.8 Å². The van der Waals surface area contributed by atoms with E-state index in [1.165, 1.54) is 12.1 Å². The minimum Gasteiger partial charge on any atom is -0.458 e. The van der Waals surface area contributed by atoms with E-state index in [2.05, 4.69) is 5.32 Å². The number of hydrogen-bond donors (Lipinski definition) is 1. The van der Waals surface area contributed by atoms with Crippen molar-refractivity contribution in [3.63, 3.8) is 0 Å². The second-order valence-electron chi connectivity index (χ2n) is 8.96. The highest BCUT2D eigenvalue weighted by Crippen LogP contribution is 2.15. The largest absolute Gasteiger partial charge is 0.458 e. The quantitative estimate of drug-likeness (QED) is 0.371. The molecular formula is C21H33NO7S. The first-order chi connectivity index (χ1) is 13.6. The van der Waals surface area contributed by atoms with Crippen LogP contribution in [-0.2, 0) is 28.6 Å². The molecule has 8 nitrogen and oxygen atoms in total. The number of carbonyl (C=O) groups excluding carboxylic acids is 2. The summed E-state index contributed by atoms with van der Waals surface area (Å²) in [6.45, 7) is 12.0. The van der Waals surface area contributed by atoms with Crippen molar-refractivity contribution in [1.82, 2.24) is 5.32 Å². The molecule has 30 heavy (non-hydrogen) atoms. The maximum Gasteiger partial charge on any atom is 0.408 e. The van der Waals surface area contributed by atoms with Crippen LogP contribution in [0.1, 0.15) is 59.9 Å². The van der Waals surface area contributed by atoms with Crippen molar-refractivity contribution in [3.8, 4) is 0 Å². The van der Waals surface area contributed by atoms with Crippen molar-refractivity contribution in [1.29, 1.82) is 0 Å². The molecule has 0 aromatic heterocycles. The molecule has 0 radical (unpaired) electrons. The van der Waals surface area contributed by atoms with Crippen LogP contribution in [0, 0.1) is 6.92 Å². The van der Waals surface area contributed by atoms with Gasteiger partial charge in [-0.25, -0.2) is 9.59 Å². The Bertz CT molecular complexity index is 818. The highest BCUT2D eigenvalue weighted by Gasteiger charge is 2.28. The number of benzene rings is 1. The molecule has 0 aliphatic rings. The Hall–Kier alpha value is -2.13. The molecule has 0 spiro atoms. The first-order valence-corrected chi connectivity index (χ1v) is 11.2. The molecule has 1 atom stereocenters. The van der Waals surface area contributed by atoms with Crippen LogP contribution in [0.3, 0.4) is 0 Å². The first-order valence-electron chi connectivity index (χ1n) is 9.77. The zero-order valence-electron chi connectivity index (χ0n) is 18.8. The van der Waals surface area contributed by atoms with Gasteiger partial charge in [-0.3, -0.25) is 4.18 Å². The lowest BCUT2D eigenvalue weighted by atomic mass is 10.1. The normalized spacial score (nSPS) is 13.4. The molecule has 1 aromatic rings. The van der Waals surface area contributed by atoms with Crippen molar-refractivity contribution < 1.29 is 31.7 Å². The lowest BCUT2D eigenvalue weighted by Crippen LogP contribution is -2.46. The fraction of sp³-hybridized carbons (Fsp3) is 0.619. The van der Waals surface area contributed by atoms with Crippen LogP contribution in [-0.4, -0.2) is 44.3 Å². The summed E-state index contributed by atoms with van der Waals surface area (Å²) in [5, 5.41) is 2.49. The Kier molecular flexibility index (Phi) is 8.86. The van der Waals surface area contributed by atoms with E-state index >= 15 is 0 Å². The Morgan fingerprint density at radius 1 is 0.967 bits per heavy atom. The van der Waals surface area contributed by atoms with Crippen LogP contribution in [0.15, 0.2) is 29.2 Å². The molecule has 0 unspecified atom stereocenters. The third-order valence-corrected chi connectivity index (χ3v) is 4.89. The SMILES string of the molecule is Cc1ccc(S(=O)(=O)OCCC[C@H](NC(=O)OC(C)(C)C)C(=O)OC(C)(C)C)cc1. The van der Waals surface area contributed by atoms with Crippen LogP contribution in [0.5, 0.6) is 0 Å². The van der Waals surface area contributed by atoms with Crippen LogP contribution in [0.2, 0.25) is 0 Å². The molecule has 1 aromatic carbocycles. The van der Waals surface area contributed by atoms with Gasteiger partial charge < -0.3 is 14.8 Å². The highest BCUT2D eigenvalue weighted by molar-refractivity contribution is 7.86. The third kappa shape index (κ3) is 10.1. The van der Waals surface area contributed by atoms with E-state index in [1.807, 2.05) is 6.92 Å². The van der Waals surface area contributed by atoms with Crippen LogP contribution >= 0.6 is 0 Å². The summed E-state index contributed by atoms with van der Waals surface area (Å²) in [6, 6.07) is 5.31. The third-order valence-electron chi connectivity index (χ3n) is 3.57. The fourth-order valence-corrected chi connectivity index (χ4v) is 3.24. The topological polar surface area (TPSA) is 108 Å². The summed E-state index contributed by atoms with van der Waals surface area (Å²) in [6.07, 6.45) is -0.436. The number of amides is 1. The summed E-state index contributed by atoms with van der Waals surface area (Å²) in [5.41, 5.74) is -0.535. The standard InChI is InChI=1S/C21H33NO7S/c1-15-10-12-16(13-11-15)30(25,26)27-14-8-9-17(18(23)28-20(2,3)4)22-19(24)29-21(5,6)7/h10-13,17H,8-9,14H2,1-7H3,(H,22,24)/t17-/m0/s1. The molecule has 0 bridgehead atoms. The summed E-state index contributed by atoms with van der Waals surface area (Å²) < 4.78 is 40.1. The van der Waals surface area contributed by atoms with Gasteiger partial charge in [0, 0.05) is 0 Å². The van der Waals surface area contributed by atoms with Crippen molar-refractivity contribution in [2.75, 3.05) is 6.61 Å². The smallest absolute Gasteiger partial charge is 0.408 e. The van der Waals surface area contributed by atoms with E-state index in [0.717, 1.165) is 5.56 Å². The van der Waals surface area contributed by atoms with Crippen molar-refractivity contribution >= 4 is 22.2 Å². The van der Waals surface area contributed by atoms with Crippen LogP contribution < -0.4 is 5.32 Å². The summed E-state index contributed by atoms with van der Waals surface area (Å²) in [5.74, 6) is -0.630. The Balaban J connectivity index is 2.71. The zero-order chi connectivity index (χ0) is 23.2. The Labute approximate surface area is 179 Å². The van der Waals surface area contributed by atoms with E-state index in [-0.39, 0.29) is 24.3 Å². The van der Waals surface area contributed by atoms with E-state index < -0.39 is 39.4 Å². The molecule has 0 fully saturated rings. The van der Waals surface area contributed by atoms with Gasteiger partial charge in [-0.2, -0.15) is 8.42 Å². The Morgan fingerprint density at radius 2 is 1.50 bits per heavy atom. The van der Waals surface area contributed by atoms with Crippen LogP contribution in [0.25, 0.3) is 0 Å². The van der Waals surface area contributed by atoms with Gasteiger partial charge >= 0.3 is 12.1 Å². The van der Waals surface area contributed by atoms with Crippen molar-refractivity contribution in [2.24, 2.45) is 0 Å². The molecule has 0 saturated heterocycles. The molecule has 0 aliphatic heterocycles. The number of ether oxygens (including phenoxy) is 2. The number of carbonyl (C=O) groups is 2. The van der Waals surface area contributed by atoms with Gasteiger partial charge in [-0.05, 0) is 73.4 Å². The summed E-state index contributed by atoms with van der Waals surface area (Å²) in [4.78, 5) is 24.6. The maximum absolute atomic E-state index is 12.5. The van der Waals surface area contributed by atoms with Crippen LogP contribution in [0.4, 0.5) is 4.79 Å². The number of nitrogens with one attached hydrogen (secondary N) is 1. The lowest BCUT2D eigenvalue weighted by Gasteiger charge is -2.26. The molecule has 170 valence electrons. The average Bonchev–Trinajstić information content (AvgIpc) is 2.54. The second kappa shape index (κ2) is 10.3. The van der Waals surface area contributed by atoms with Crippen molar-refractivity contribution in [2.45, 2.75) is 83.4 Å². The van der Waals surface area contributed by atoms with Gasteiger partial charge in [-0.1, -0.05) is 17.7 Å². The van der Waals surface area contributed by atoms with E-state index in [1.54, 1.807) is 53.7 Å². The molecule has 0 heterocycles. The number of rotatable bonds is 8. The number of esters is 1. The van der Waals surface area contributed by atoms with Gasteiger partial charge in [0.25, 0.3) is 10.1 Å². The molecule has 1 rings (SSSR count). The van der Waals surface area contributed by atoms with Gasteiger partial charge in [0.05, 0.1) is 11.5 Å². The molecule has 0 aliphatic carbocycles. The summed E-state index contributed by atoms with van der Waals surface area (Å²) in [7, 11) is -3.90. The lowest BCUT2D eigenvalue weighted by molar-refractivity contribution is -0.157. The fourth-order valence-electron chi connectivity index (χ4n) is 2.30. The minimum atomic E-state index is -3.90. The van der Waals surface area contributed by atoms with Gasteiger partial charge in [-0.15, -0.1) is 0 Å². The summed E-state index contributed by atoms with van der Waals surface area (Å²) >= 11 is 0. The van der Waals surface area contributed by atoms with Gasteiger partial charge in [0.15, 0.2) is 0 Å². The first kappa shape index (κ1) is 25.9. The molecule has 1 amide bonds. The number of hydrogen-bond acceptors (Lipinski definition) is 7. The zero-order valence-corrected chi connectivity index (χ0v) is 19.6. The monoisotopic (exact) mass is 443 g/mol. The average molecular weight is 444 g/mol. The van der Waals surface area contributed by atoms with E-state index in [0.29, 0.717) is 0 Å². The minimum absolute atomic E-state index is 0.0590. The van der Waals surface area contributed by atoms with Gasteiger partial charge in [0.2, 0.25) is 0 Å². The predicted molar refractivity (Wildman–Crippen MR) is 113 cm³/mol. The number of alkyl carbamates (subject to hydrolysis) is 1. The molecule has 0 saturated carbocycles. The molecule has 1 N–H and O–H groups in total. The molecule has 9 heteroatoms. The highest BCUT2D eigenvalue weighted by atomic mass is 32.2. The predicted octanol–water partition coefficient (Wildman–Crippen LogP) is 3.72.